The topological polar surface area (TPSA) is 181 Å². The van der Waals surface area contributed by atoms with Crippen LogP contribution in [0.25, 0.3) is 44.6 Å². The van der Waals surface area contributed by atoms with Gasteiger partial charge < -0.3 is 30.7 Å². The molecule has 2 saturated heterocycles. The maximum atomic E-state index is 13.9. The number of ether oxygens (including phenoxy) is 2. The smallest absolute Gasteiger partial charge is 0.223 e. The third kappa shape index (κ3) is 7.85. The highest BCUT2D eigenvalue weighted by molar-refractivity contribution is 5.99. The molecule has 0 radical (unpaired) electrons. The third-order valence-corrected chi connectivity index (χ3v) is 11.8. The lowest BCUT2D eigenvalue weighted by Crippen LogP contribution is -2.43. The van der Waals surface area contributed by atoms with E-state index in [1.54, 1.807) is 0 Å². The highest BCUT2D eigenvalue weighted by Crippen LogP contribution is 2.37. The van der Waals surface area contributed by atoms with Crippen molar-refractivity contribution in [3.05, 3.63) is 122 Å². The van der Waals surface area contributed by atoms with Gasteiger partial charge in [0.05, 0.1) is 22.9 Å². The van der Waals surface area contributed by atoms with Gasteiger partial charge in [-0.05, 0) is 105 Å². The predicted molar refractivity (Wildman–Crippen MR) is 238 cm³/mol. The largest absolute Gasteiger partial charge is 0.457 e. The van der Waals surface area contributed by atoms with Crippen molar-refractivity contribution in [2.24, 2.45) is 0 Å². The number of nitrogens with two attached hydrogens (primary N) is 2. The number of piperidine rings is 2. The molecule has 1 amide bonds. The summed E-state index contributed by atoms with van der Waals surface area (Å²) in [5, 5.41) is 11.6. The van der Waals surface area contributed by atoms with Gasteiger partial charge in [-0.1, -0.05) is 36.4 Å². The van der Waals surface area contributed by atoms with Crippen LogP contribution in [0, 0.1) is 0 Å². The second kappa shape index (κ2) is 16.9. The molecule has 4 N–H and O–H groups in total. The number of hydrogen-bond acceptors (Lipinski definition) is 12. The van der Waals surface area contributed by atoms with Gasteiger partial charge in [0.2, 0.25) is 5.91 Å². The van der Waals surface area contributed by atoms with E-state index in [4.69, 9.17) is 31.1 Å². The summed E-state index contributed by atoms with van der Waals surface area (Å²) in [5.41, 5.74) is 17.5. The molecule has 62 heavy (non-hydrogen) atoms. The molecule has 8 aromatic rings. The first-order chi connectivity index (χ1) is 30.4. The molecule has 4 aromatic heterocycles. The lowest BCUT2D eigenvalue weighted by Gasteiger charge is -2.35. The van der Waals surface area contributed by atoms with Crippen LogP contribution in [-0.2, 0) is 4.79 Å². The second-order valence-electron chi connectivity index (χ2n) is 15.9. The van der Waals surface area contributed by atoms with Gasteiger partial charge >= 0.3 is 0 Å². The number of amides is 1. The van der Waals surface area contributed by atoms with E-state index < -0.39 is 0 Å². The zero-order chi connectivity index (χ0) is 42.0. The Labute approximate surface area is 357 Å². The molecule has 15 heteroatoms. The fraction of sp³-hybridized carbons (Fsp3) is 0.255. The van der Waals surface area contributed by atoms with E-state index in [9.17, 15) is 4.79 Å². The van der Waals surface area contributed by atoms with Crippen LogP contribution in [0.2, 0.25) is 0 Å². The van der Waals surface area contributed by atoms with E-state index in [-0.39, 0.29) is 18.0 Å². The lowest BCUT2D eigenvalue weighted by atomic mass is 10.0. The first-order valence-electron chi connectivity index (χ1n) is 21.1. The van der Waals surface area contributed by atoms with Crippen LogP contribution in [-0.4, -0.2) is 87.9 Å². The highest BCUT2D eigenvalue weighted by Gasteiger charge is 2.31. The van der Waals surface area contributed by atoms with E-state index in [0.29, 0.717) is 65.8 Å². The number of nitrogen functional groups attached to an aromatic ring is 2. The quantitative estimate of drug-likeness (QED) is 0.129. The van der Waals surface area contributed by atoms with Crippen LogP contribution in [0.15, 0.2) is 122 Å². The maximum Gasteiger partial charge on any atom is 0.223 e. The van der Waals surface area contributed by atoms with Crippen molar-refractivity contribution in [2.45, 2.75) is 44.2 Å². The van der Waals surface area contributed by atoms with Crippen LogP contribution in [0.5, 0.6) is 23.0 Å². The molecule has 4 aromatic carbocycles. The predicted octanol–water partition coefficient (Wildman–Crippen LogP) is 7.94. The number of anilines is 2. The summed E-state index contributed by atoms with van der Waals surface area (Å²) in [6.07, 6.45) is 7.00. The van der Waals surface area contributed by atoms with E-state index >= 15 is 0 Å². The SMILES string of the molecule is Nc1ncnc2c1c(-c1ccc(Oc3ccccc3)cc1)nn2[C@@H]1CCCN(CCC(=O)N2CCC[C@@H](n3nc(-c4ccc(Oc5ccccc5)cc4)c4c(N)ncnc43)C2)C1. The lowest BCUT2D eigenvalue weighted by molar-refractivity contribution is -0.133. The number of benzene rings is 4. The summed E-state index contributed by atoms with van der Waals surface area (Å²) in [6, 6.07) is 34.9. The molecule has 312 valence electrons. The van der Waals surface area contributed by atoms with Crippen LogP contribution >= 0.6 is 0 Å². The minimum Gasteiger partial charge on any atom is -0.457 e. The first-order valence-corrected chi connectivity index (χ1v) is 21.1. The number of nitrogens with zero attached hydrogens (tertiary/aromatic N) is 10. The van der Waals surface area contributed by atoms with Gasteiger partial charge in [-0.25, -0.2) is 29.3 Å². The van der Waals surface area contributed by atoms with E-state index in [1.165, 1.54) is 12.7 Å². The number of likely N-dealkylation sites (tertiary alicyclic amines) is 2. The van der Waals surface area contributed by atoms with Gasteiger partial charge in [-0.15, -0.1) is 0 Å². The molecule has 2 fully saturated rings. The number of aromatic nitrogens is 8. The Morgan fingerprint density at radius 3 is 1.56 bits per heavy atom. The van der Waals surface area contributed by atoms with Crippen LogP contribution < -0.4 is 20.9 Å². The number of rotatable bonds is 11. The summed E-state index contributed by atoms with van der Waals surface area (Å²) in [4.78, 5) is 36.2. The van der Waals surface area contributed by atoms with Gasteiger partial charge in [0.15, 0.2) is 11.3 Å². The summed E-state index contributed by atoms with van der Waals surface area (Å²) in [7, 11) is 0. The number of carbonyl (C=O) groups is 1. The zero-order valence-corrected chi connectivity index (χ0v) is 34.1. The highest BCUT2D eigenvalue weighted by atomic mass is 16.5. The van der Waals surface area contributed by atoms with Gasteiger partial charge in [-0.2, -0.15) is 10.2 Å². The second-order valence-corrected chi connectivity index (χ2v) is 15.9. The number of carbonyl (C=O) groups excluding carboxylic acids is 1. The normalized spacial score (nSPS) is 17.1. The molecule has 2 aliphatic rings. The third-order valence-electron chi connectivity index (χ3n) is 11.8. The van der Waals surface area contributed by atoms with Crippen molar-refractivity contribution < 1.29 is 14.3 Å². The Morgan fingerprint density at radius 2 is 1.05 bits per heavy atom. The maximum absolute atomic E-state index is 13.9. The van der Waals surface area contributed by atoms with Gasteiger partial charge in [0.1, 0.15) is 58.7 Å². The Morgan fingerprint density at radius 1 is 0.581 bits per heavy atom. The average molecular weight is 827 g/mol. The van der Waals surface area contributed by atoms with Crippen LogP contribution in [0.4, 0.5) is 11.6 Å². The van der Waals surface area contributed by atoms with Gasteiger partial charge in [0, 0.05) is 43.7 Å². The standard InChI is InChI=1S/C47H46N12O3/c48-44-40-42(31-15-19-37(20-16-31)61-35-11-3-1-4-12-35)54-58(46(40)52-29-50-44)33-9-7-24-56(27-33)26-23-39(60)57-25-8-10-34(28-57)59-47-41(45(49)51-30-53-47)43(55-59)32-17-21-38(22-18-32)62-36-13-5-2-6-14-36/h1-6,11-22,29-30,33-34H,7-10,23-28H2,(H2,48,50,52)(H2,49,51,53)/t33-,34-/m1/s1. The molecule has 0 bridgehead atoms. The van der Waals surface area contributed by atoms with Crippen molar-refractivity contribution in [1.29, 1.82) is 0 Å². The summed E-state index contributed by atoms with van der Waals surface area (Å²) >= 11 is 0. The average Bonchev–Trinajstić information content (AvgIpc) is 3.91. The first kappa shape index (κ1) is 38.8. The Bertz CT molecular complexity index is 2830. The molecule has 0 spiro atoms. The number of fused-ring (bicyclic) bond motifs is 2. The van der Waals surface area contributed by atoms with Crippen molar-refractivity contribution in [3.8, 4) is 45.5 Å². The molecule has 10 rings (SSSR count). The Balaban J connectivity index is 0.812. The molecular weight excluding hydrogens is 781 g/mol. The molecule has 15 nitrogen and oxygen atoms in total. The molecule has 0 saturated carbocycles. The summed E-state index contributed by atoms with van der Waals surface area (Å²) in [6.45, 7) is 3.52. The summed E-state index contributed by atoms with van der Waals surface area (Å²) in [5.74, 6) is 3.85. The zero-order valence-electron chi connectivity index (χ0n) is 34.1. The fourth-order valence-electron chi connectivity index (χ4n) is 8.74. The van der Waals surface area contributed by atoms with Gasteiger partial charge in [0.25, 0.3) is 0 Å². The summed E-state index contributed by atoms with van der Waals surface area (Å²) < 4.78 is 16.0. The van der Waals surface area contributed by atoms with E-state index in [1.807, 2.05) is 123 Å². The molecular formula is C47H46N12O3. The van der Waals surface area contributed by atoms with Crippen molar-refractivity contribution in [3.63, 3.8) is 0 Å². The molecule has 0 unspecified atom stereocenters. The minimum absolute atomic E-state index is 0.0498. The van der Waals surface area contributed by atoms with Crippen molar-refractivity contribution >= 4 is 39.6 Å². The minimum atomic E-state index is -0.0670. The van der Waals surface area contributed by atoms with E-state index in [2.05, 4.69) is 24.8 Å². The fourth-order valence-corrected chi connectivity index (χ4v) is 8.74. The molecule has 0 aliphatic carbocycles. The monoisotopic (exact) mass is 826 g/mol. The molecule has 2 aliphatic heterocycles. The van der Waals surface area contributed by atoms with Crippen molar-refractivity contribution in [2.75, 3.05) is 44.2 Å². The Kier molecular flexibility index (Phi) is 10.6. The van der Waals surface area contributed by atoms with Gasteiger partial charge in [-0.3, -0.25) is 4.79 Å². The van der Waals surface area contributed by atoms with E-state index in [0.717, 1.165) is 78.2 Å². The Hall–Kier alpha value is -7.39. The molecule has 2 atom stereocenters. The van der Waals surface area contributed by atoms with Crippen LogP contribution in [0.3, 0.4) is 0 Å². The van der Waals surface area contributed by atoms with Crippen molar-refractivity contribution in [1.82, 2.24) is 49.3 Å². The number of para-hydroxylation sites is 2. The van der Waals surface area contributed by atoms with Crippen LogP contribution in [0.1, 0.15) is 44.2 Å². The number of hydrogen-bond donors (Lipinski definition) is 2. The molecule has 6 heterocycles.